The Morgan fingerprint density at radius 2 is 1.58 bits per heavy atom. The van der Waals surface area contributed by atoms with Crippen molar-refractivity contribution < 1.29 is 24.2 Å². The van der Waals surface area contributed by atoms with E-state index in [2.05, 4.69) is 34.9 Å². The summed E-state index contributed by atoms with van der Waals surface area (Å²) in [6.45, 7) is 1.77. The average Bonchev–Trinajstić information content (AvgIpc) is 3.15. The molecule has 7 heteroatoms. The molecule has 0 aliphatic heterocycles. The van der Waals surface area contributed by atoms with Gasteiger partial charge in [-0.05, 0) is 42.0 Å². The van der Waals surface area contributed by atoms with E-state index in [4.69, 9.17) is 9.84 Å². The molecule has 174 valence electrons. The molecule has 1 fully saturated rings. The Labute approximate surface area is 193 Å². The number of alkyl carbamates (subject to hydrolysis) is 1. The van der Waals surface area contributed by atoms with E-state index in [1.165, 1.54) is 6.92 Å². The molecule has 0 bridgehead atoms. The number of benzene rings is 2. The molecule has 3 N–H and O–H groups in total. The minimum Gasteiger partial charge on any atom is -0.480 e. The average molecular weight is 451 g/mol. The normalized spacial score (nSPS) is 17.4. The summed E-state index contributed by atoms with van der Waals surface area (Å²) in [4.78, 5) is 36.7. The Morgan fingerprint density at radius 1 is 1.00 bits per heavy atom. The van der Waals surface area contributed by atoms with Crippen LogP contribution in [0.2, 0.25) is 0 Å². The molecule has 2 aromatic rings. The highest BCUT2D eigenvalue weighted by Gasteiger charge is 2.41. The van der Waals surface area contributed by atoms with Gasteiger partial charge in [0.1, 0.15) is 12.6 Å². The van der Waals surface area contributed by atoms with Crippen LogP contribution in [0.3, 0.4) is 0 Å². The molecule has 4 rings (SSSR count). The molecule has 0 aromatic heterocycles. The zero-order valence-corrected chi connectivity index (χ0v) is 18.8. The van der Waals surface area contributed by atoms with Gasteiger partial charge in [-0.25, -0.2) is 4.79 Å². The molecule has 2 aliphatic rings. The van der Waals surface area contributed by atoms with Crippen molar-refractivity contribution in [1.29, 1.82) is 0 Å². The molecule has 2 aliphatic carbocycles. The van der Waals surface area contributed by atoms with E-state index in [1.807, 2.05) is 24.3 Å². The van der Waals surface area contributed by atoms with E-state index >= 15 is 0 Å². The number of aliphatic carboxylic acids is 1. The number of hydrogen-bond acceptors (Lipinski definition) is 4. The molecule has 2 aromatic carbocycles. The second-order valence-corrected chi connectivity index (χ2v) is 9.05. The maximum Gasteiger partial charge on any atom is 0.407 e. The lowest BCUT2D eigenvalue weighted by atomic mass is 9.73. The Hall–Kier alpha value is -3.35. The second kappa shape index (κ2) is 9.65. The van der Waals surface area contributed by atoms with Crippen molar-refractivity contribution in [3.63, 3.8) is 0 Å². The monoisotopic (exact) mass is 450 g/mol. The first-order chi connectivity index (χ1) is 15.9. The standard InChI is InChI=1S/C26H30N2O5/c1-17(23(29)30)28-24(31)26(13-7-2-8-14-26)16-27-25(32)33-15-22-20-11-5-3-9-18(20)19-10-4-6-12-21(19)22/h3-6,9-12,17,22H,2,7-8,13-16H2,1H3,(H,27,32)(H,28,31)(H,29,30). The van der Waals surface area contributed by atoms with Crippen LogP contribution in [-0.4, -0.2) is 42.3 Å². The highest BCUT2D eigenvalue weighted by atomic mass is 16.5. The number of fused-ring (bicyclic) bond motifs is 3. The number of amides is 2. The number of carbonyl (C=O) groups excluding carboxylic acids is 2. The van der Waals surface area contributed by atoms with Crippen LogP contribution in [0.25, 0.3) is 11.1 Å². The molecule has 1 atom stereocenters. The molecular formula is C26H30N2O5. The van der Waals surface area contributed by atoms with E-state index in [9.17, 15) is 14.4 Å². The van der Waals surface area contributed by atoms with Crippen LogP contribution in [0, 0.1) is 5.41 Å². The van der Waals surface area contributed by atoms with Crippen molar-refractivity contribution in [2.75, 3.05) is 13.2 Å². The molecule has 0 radical (unpaired) electrons. The van der Waals surface area contributed by atoms with Gasteiger partial charge in [0.05, 0.1) is 5.41 Å². The highest BCUT2D eigenvalue weighted by Crippen LogP contribution is 2.44. The van der Waals surface area contributed by atoms with E-state index < -0.39 is 23.5 Å². The van der Waals surface area contributed by atoms with Gasteiger partial charge in [0.25, 0.3) is 0 Å². The first-order valence-corrected chi connectivity index (χ1v) is 11.5. The van der Waals surface area contributed by atoms with Gasteiger partial charge < -0.3 is 20.5 Å². The number of nitrogens with one attached hydrogen (secondary N) is 2. The van der Waals surface area contributed by atoms with Crippen LogP contribution < -0.4 is 10.6 Å². The van der Waals surface area contributed by atoms with Gasteiger partial charge in [-0.15, -0.1) is 0 Å². The summed E-state index contributed by atoms with van der Waals surface area (Å²) in [7, 11) is 0. The minimum atomic E-state index is -1.08. The van der Waals surface area contributed by atoms with Crippen LogP contribution >= 0.6 is 0 Å². The number of carboxylic acid groups (broad SMARTS) is 1. The number of ether oxygens (including phenoxy) is 1. The van der Waals surface area contributed by atoms with Gasteiger partial charge in [-0.2, -0.15) is 0 Å². The maximum atomic E-state index is 12.9. The van der Waals surface area contributed by atoms with E-state index in [-0.39, 0.29) is 25.0 Å². The van der Waals surface area contributed by atoms with Crippen LogP contribution in [0.4, 0.5) is 4.79 Å². The van der Waals surface area contributed by atoms with Crippen molar-refractivity contribution in [3.8, 4) is 11.1 Å². The molecule has 33 heavy (non-hydrogen) atoms. The van der Waals surface area contributed by atoms with Crippen LogP contribution in [-0.2, 0) is 14.3 Å². The summed E-state index contributed by atoms with van der Waals surface area (Å²) in [5.74, 6) is -1.44. The second-order valence-electron chi connectivity index (χ2n) is 9.05. The predicted molar refractivity (Wildman–Crippen MR) is 124 cm³/mol. The molecule has 0 saturated heterocycles. The molecule has 7 nitrogen and oxygen atoms in total. The number of hydrogen-bond donors (Lipinski definition) is 3. The van der Waals surface area contributed by atoms with Gasteiger partial charge in [-0.1, -0.05) is 67.8 Å². The first kappa shape index (κ1) is 22.8. The van der Waals surface area contributed by atoms with Gasteiger partial charge in [-0.3, -0.25) is 9.59 Å². The Bertz CT molecular complexity index is 999. The number of rotatable bonds is 7. The van der Waals surface area contributed by atoms with Gasteiger partial charge in [0.2, 0.25) is 5.91 Å². The lowest BCUT2D eigenvalue weighted by Crippen LogP contribution is -2.52. The van der Waals surface area contributed by atoms with E-state index in [0.717, 1.165) is 41.5 Å². The summed E-state index contributed by atoms with van der Waals surface area (Å²) >= 11 is 0. The number of carboxylic acids is 1. The van der Waals surface area contributed by atoms with Crippen LogP contribution in [0.5, 0.6) is 0 Å². The van der Waals surface area contributed by atoms with Crippen molar-refractivity contribution in [1.82, 2.24) is 10.6 Å². The minimum absolute atomic E-state index is 0.0356. The fourth-order valence-corrected chi connectivity index (χ4v) is 5.01. The van der Waals surface area contributed by atoms with Crippen LogP contribution in [0.15, 0.2) is 48.5 Å². The zero-order valence-electron chi connectivity index (χ0n) is 18.8. The molecular weight excluding hydrogens is 420 g/mol. The summed E-state index contributed by atoms with van der Waals surface area (Å²) in [6.07, 6.45) is 3.39. The number of carbonyl (C=O) groups is 3. The molecule has 2 amide bonds. The quantitative estimate of drug-likeness (QED) is 0.590. The molecule has 1 unspecified atom stereocenters. The Balaban J connectivity index is 1.39. The third kappa shape index (κ3) is 4.72. The van der Waals surface area contributed by atoms with Gasteiger partial charge >= 0.3 is 12.1 Å². The highest BCUT2D eigenvalue weighted by molar-refractivity contribution is 5.88. The third-order valence-electron chi connectivity index (χ3n) is 6.93. The van der Waals surface area contributed by atoms with Crippen molar-refractivity contribution in [2.24, 2.45) is 5.41 Å². The summed E-state index contributed by atoms with van der Waals surface area (Å²) in [6, 6.07) is 15.3. The smallest absolute Gasteiger partial charge is 0.407 e. The predicted octanol–water partition coefficient (Wildman–Crippen LogP) is 4.06. The SMILES string of the molecule is CC(NC(=O)C1(CNC(=O)OCC2c3ccccc3-c3ccccc32)CCCCC1)C(=O)O. The van der Waals surface area contributed by atoms with Crippen molar-refractivity contribution in [3.05, 3.63) is 59.7 Å². The lowest BCUT2D eigenvalue weighted by Gasteiger charge is -2.36. The molecule has 0 spiro atoms. The van der Waals surface area contributed by atoms with Crippen molar-refractivity contribution >= 4 is 18.0 Å². The fraction of sp³-hybridized carbons (Fsp3) is 0.423. The Kier molecular flexibility index (Phi) is 6.67. The molecule has 0 heterocycles. The zero-order chi connectivity index (χ0) is 23.4. The Morgan fingerprint density at radius 3 is 2.15 bits per heavy atom. The summed E-state index contributed by atoms with van der Waals surface area (Å²) in [5, 5.41) is 14.5. The van der Waals surface area contributed by atoms with Gasteiger partial charge in [0, 0.05) is 12.5 Å². The van der Waals surface area contributed by atoms with E-state index in [1.54, 1.807) is 0 Å². The van der Waals surface area contributed by atoms with E-state index in [0.29, 0.717) is 12.8 Å². The van der Waals surface area contributed by atoms with Gasteiger partial charge in [0.15, 0.2) is 0 Å². The molecule has 1 saturated carbocycles. The summed E-state index contributed by atoms with van der Waals surface area (Å²) in [5.41, 5.74) is 3.78. The first-order valence-electron chi connectivity index (χ1n) is 11.5. The summed E-state index contributed by atoms with van der Waals surface area (Å²) < 4.78 is 5.60. The lowest BCUT2D eigenvalue weighted by molar-refractivity contribution is -0.144. The van der Waals surface area contributed by atoms with Crippen LogP contribution in [0.1, 0.15) is 56.1 Å². The van der Waals surface area contributed by atoms with Crippen molar-refractivity contribution in [2.45, 2.75) is 51.0 Å². The fourth-order valence-electron chi connectivity index (χ4n) is 5.01. The maximum absolute atomic E-state index is 12.9. The third-order valence-corrected chi connectivity index (χ3v) is 6.93. The largest absolute Gasteiger partial charge is 0.480 e. The topological polar surface area (TPSA) is 105 Å².